The van der Waals surface area contributed by atoms with Crippen molar-refractivity contribution in [1.29, 1.82) is 0 Å². The zero-order valence-electron chi connectivity index (χ0n) is 15.4. The molecule has 28 heavy (non-hydrogen) atoms. The third-order valence-electron chi connectivity index (χ3n) is 4.25. The molecule has 3 rings (SSSR count). The summed E-state index contributed by atoms with van der Waals surface area (Å²) in [7, 11) is 0. The average Bonchev–Trinajstić information content (AvgIpc) is 2.72. The summed E-state index contributed by atoms with van der Waals surface area (Å²) < 4.78 is 5.56. The minimum Gasteiger partial charge on any atom is -0.484 e. The predicted molar refractivity (Wildman–Crippen MR) is 110 cm³/mol. The van der Waals surface area contributed by atoms with Gasteiger partial charge in [-0.05, 0) is 42.3 Å². The summed E-state index contributed by atoms with van der Waals surface area (Å²) >= 11 is 5.99. The van der Waals surface area contributed by atoms with E-state index in [0.29, 0.717) is 16.3 Å². The molecule has 0 spiro atoms. The van der Waals surface area contributed by atoms with Crippen LogP contribution in [-0.4, -0.2) is 18.3 Å². The van der Waals surface area contributed by atoms with E-state index in [0.717, 1.165) is 11.1 Å². The Labute approximate surface area is 169 Å². The van der Waals surface area contributed by atoms with Gasteiger partial charge < -0.3 is 10.1 Å². The molecular formula is C23H20ClNO3. The molecule has 1 unspecified atom stereocenters. The Morgan fingerprint density at radius 3 is 2.29 bits per heavy atom. The van der Waals surface area contributed by atoms with Crippen LogP contribution >= 0.6 is 11.6 Å². The number of ether oxygens (including phenoxy) is 1. The molecule has 4 nitrogen and oxygen atoms in total. The van der Waals surface area contributed by atoms with Crippen LogP contribution < -0.4 is 10.1 Å². The van der Waals surface area contributed by atoms with E-state index in [2.05, 4.69) is 5.32 Å². The fourth-order valence-corrected chi connectivity index (χ4v) is 2.94. The smallest absolute Gasteiger partial charge is 0.258 e. The van der Waals surface area contributed by atoms with Crippen LogP contribution in [0.2, 0.25) is 5.02 Å². The van der Waals surface area contributed by atoms with E-state index in [1.54, 1.807) is 36.4 Å². The zero-order valence-corrected chi connectivity index (χ0v) is 16.1. The van der Waals surface area contributed by atoms with Crippen molar-refractivity contribution in [2.75, 3.05) is 6.61 Å². The van der Waals surface area contributed by atoms with E-state index in [4.69, 9.17) is 16.3 Å². The van der Waals surface area contributed by atoms with Gasteiger partial charge in [0, 0.05) is 10.6 Å². The maximum absolute atomic E-state index is 12.5. The molecule has 0 aromatic heterocycles. The van der Waals surface area contributed by atoms with Crippen LogP contribution in [0.15, 0.2) is 78.9 Å². The molecule has 1 N–H and O–H groups in total. The Bertz CT molecular complexity index is 955. The van der Waals surface area contributed by atoms with Gasteiger partial charge in [0.1, 0.15) is 5.75 Å². The van der Waals surface area contributed by atoms with Gasteiger partial charge in [0.2, 0.25) is 0 Å². The summed E-state index contributed by atoms with van der Waals surface area (Å²) in [4.78, 5) is 24.0. The molecule has 0 aliphatic heterocycles. The van der Waals surface area contributed by atoms with Crippen molar-refractivity contribution in [3.05, 3.63) is 101 Å². The lowest BCUT2D eigenvalue weighted by molar-refractivity contribution is -0.123. The Morgan fingerprint density at radius 2 is 1.61 bits per heavy atom. The number of benzene rings is 3. The molecule has 1 amide bonds. The molecule has 142 valence electrons. The van der Waals surface area contributed by atoms with Crippen molar-refractivity contribution >= 4 is 23.3 Å². The van der Waals surface area contributed by atoms with Crippen LogP contribution in [0.25, 0.3) is 0 Å². The Hall–Kier alpha value is -3.11. The molecule has 3 aromatic rings. The first-order valence-corrected chi connectivity index (χ1v) is 9.24. The number of rotatable bonds is 7. The van der Waals surface area contributed by atoms with Gasteiger partial charge in [0.25, 0.3) is 5.91 Å². The molecule has 0 saturated carbocycles. The maximum atomic E-state index is 12.5. The second-order valence-corrected chi connectivity index (χ2v) is 6.77. The third kappa shape index (κ3) is 5.21. The highest BCUT2D eigenvalue weighted by molar-refractivity contribution is 6.30. The molecule has 3 aromatic carbocycles. The fourth-order valence-electron chi connectivity index (χ4n) is 2.82. The number of ketones is 1. The van der Waals surface area contributed by atoms with Gasteiger partial charge in [-0.15, -0.1) is 0 Å². The fraction of sp³-hybridized carbons (Fsp3) is 0.130. The number of hydrogen-bond donors (Lipinski definition) is 1. The summed E-state index contributed by atoms with van der Waals surface area (Å²) in [6, 6.07) is 23.5. The molecule has 5 heteroatoms. The van der Waals surface area contributed by atoms with Crippen molar-refractivity contribution in [3.8, 4) is 5.75 Å². The molecule has 0 radical (unpaired) electrons. The van der Waals surface area contributed by atoms with Gasteiger partial charge in [-0.25, -0.2) is 0 Å². The third-order valence-corrected chi connectivity index (χ3v) is 4.50. The first-order valence-electron chi connectivity index (χ1n) is 8.86. The van der Waals surface area contributed by atoms with Crippen LogP contribution in [0, 0.1) is 0 Å². The predicted octanol–water partition coefficient (Wildman–Crippen LogP) is 4.83. The van der Waals surface area contributed by atoms with Crippen LogP contribution in [0.4, 0.5) is 0 Å². The number of carbonyl (C=O) groups is 2. The minimum absolute atomic E-state index is 0.0539. The molecule has 0 bridgehead atoms. The van der Waals surface area contributed by atoms with Crippen LogP contribution in [-0.2, 0) is 4.79 Å². The minimum atomic E-state index is -0.321. The Morgan fingerprint density at radius 1 is 0.929 bits per heavy atom. The molecule has 1 atom stereocenters. The second-order valence-electron chi connectivity index (χ2n) is 6.34. The summed E-state index contributed by atoms with van der Waals surface area (Å²) in [6.07, 6.45) is 0. The largest absolute Gasteiger partial charge is 0.484 e. The first kappa shape index (κ1) is 19.6. The molecular weight excluding hydrogens is 374 g/mol. The summed E-state index contributed by atoms with van der Waals surface area (Å²) in [5.41, 5.74) is 2.42. The quantitative estimate of drug-likeness (QED) is 0.585. The van der Waals surface area contributed by atoms with Crippen molar-refractivity contribution in [3.63, 3.8) is 0 Å². The van der Waals surface area contributed by atoms with Gasteiger partial charge >= 0.3 is 0 Å². The van der Waals surface area contributed by atoms with Crippen molar-refractivity contribution in [2.45, 2.75) is 13.0 Å². The second kappa shape index (κ2) is 9.20. The van der Waals surface area contributed by atoms with E-state index < -0.39 is 0 Å². The Kier molecular flexibility index (Phi) is 6.45. The number of carbonyl (C=O) groups excluding carboxylic acids is 2. The van der Waals surface area contributed by atoms with Crippen molar-refractivity contribution in [1.82, 2.24) is 5.32 Å². The van der Waals surface area contributed by atoms with Gasteiger partial charge in [-0.3, -0.25) is 9.59 Å². The number of halogens is 1. The van der Waals surface area contributed by atoms with Crippen molar-refractivity contribution < 1.29 is 14.3 Å². The standard InChI is InChI=1S/C23H20ClNO3/c1-16(26)19-8-5-9-21(14-19)28-15-22(27)25-23(17-6-3-2-4-7-17)18-10-12-20(24)13-11-18/h2-14,23H,15H2,1H3,(H,25,27). The van der Waals surface area contributed by atoms with Crippen molar-refractivity contribution in [2.24, 2.45) is 0 Å². The molecule has 0 aliphatic rings. The lowest BCUT2D eigenvalue weighted by Crippen LogP contribution is -2.33. The maximum Gasteiger partial charge on any atom is 0.258 e. The van der Waals surface area contributed by atoms with E-state index >= 15 is 0 Å². The topological polar surface area (TPSA) is 55.4 Å². The van der Waals surface area contributed by atoms with E-state index in [9.17, 15) is 9.59 Å². The Balaban J connectivity index is 1.72. The normalized spacial score (nSPS) is 11.5. The summed E-state index contributed by atoms with van der Waals surface area (Å²) in [5, 5.41) is 3.64. The van der Waals surface area contributed by atoms with Crippen LogP contribution in [0.5, 0.6) is 5.75 Å². The monoisotopic (exact) mass is 393 g/mol. The van der Waals surface area contributed by atoms with Gasteiger partial charge in [0.15, 0.2) is 12.4 Å². The number of nitrogens with one attached hydrogen (secondary N) is 1. The van der Waals surface area contributed by atoms with E-state index in [1.165, 1.54) is 6.92 Å². The highest BCUT2D eigenvalue weighted by Crippen LogP contribution is 2.23. The van der Waals surface area contributed by atoms with Crippen LogP contribution in [0.1, 0.15) is 34.5 Å². The molecule has 0 aliphatic carbocycles. The van der Waals surface area contributed by atoms with Gasteiger partial charge in [0.05, 0.1) is 6.04 Å². The summed E-state index contributed by atoms with van der Waals surface area (Å²) in [5.74, 6) is 0.157. The lowest BCUT2D eigenvalue weighted by Gasteiger charge is -2.20. The number of Topliss-reactive ketones (excluding diaryl/α,β-unsaturated/α-hetero) is 1. The first-order chi connectivity index (χ1) is 13.5. The molecule has 0 saturated heterocycles. The zero-order chi connectivity index (χ0) is 19.9. The van der Waals surface area contributed by atoms with E-state index in [1.807, 2.05) is 42.5 Å². The highest BCUT2D eigenvalue weighted by Gasteiger charge is 2.17. The SMILES string of the molecule is CC(=O)c1cccc(OCC(=O)NC(c2ccccc2)c2ccc(Cl)cc2)c1. The van der Waals surface area contributed by atoms with Gasteiger partial charge in [-0.1, -0.05) is 66.2 Å². The molecule has 0 heterocycles. The molecule has 0 fully saturated rings. The summed E-state index contributed by atoms with van der Waals surface area (Å²) in [6.45, 7) is 1.33. The highest BCUT2D eigenvalue weighted by atomic mass is 35.5. The van der Waals surface area contributed by atoms with E-state index in [-0.39, 0.29) is 24.3 Å². The average molecular weight is 394 g/mol. The number of hydrogen-bond acceptors (Lipinski definition) is 3. The number of amides is 1. The van der Waals surface area contributed by atoms with Gasteiger partial charge in [-0.2, -0.15) is 0 Å². The van der Waals surface area contributed by atoms with Crippen LogP contribution in [0.3, 0.4) is 0 Å². The lowest BCUT2D eigenvalue weighted by atomic mass is 9.99.